The van der Waals surface area contributed by atoms with E-state index in [0.29, 0.717) is 17.9 Å². The molecule has 2 atom stereocenters. The van der Waals surface area contributed by atoms with E-state index in [2.05, 4.69) is 51.9 Å². The van der Waals surface area contributed by atoms with Crippen molar-refractivity contribution in [3.63, 3.8) is 0 Å². The zero-order chi connectivity index (χ0) is 27.1. The SMILES string of the molecule is CC(CNC(C(=O)Nc1ccc(-c2cnn(C(C)(C)C#N)c2)cn1)C1=CCCC=C1)c1ccc(C#N)cc1. The summed E-state index contributed by atoms with van der Waals surface area (Å²) in [6.07, 6.45) is 13.2. The Bertz CT molecular complexity index is 1420. The van der Waals surface area contributed by atoms with Crippen molar-refractivity contribution in [1.82, 2.24) is 20.1 Å². The smallest absolute Gasteiger partial charge is 0.247 e. The summed E-state index contributed by atoms with van der Waals surface area (Å²) in [4.78, 5) is 17.8. The van der Waals surface area contributed by atoms with Gasteiger partial charge in [0.05, 0.1) is 23.9 Å². The number of carbonyl (C=O) groups excluding carboxylic acids is 1. The minimum atomic E-state index is -0.749. The van der Waals surface area contributed by atoms with E-state index >= 15 is 0 Å². The van der Waals surface area contributed by atoms with Crippen LogP contribution in [0.3, 0.4) is 0 Å². The van der Waals surface area contributed by atoms with Crippen LogP contribution < -0.4 is 10.6 Å². The highest BCUT2D eigenvalue weighted by atomic mass is 16.2. The molecule has 0 fully saturated rings. The molecule has 4 rings (SSSR count). The summed E-state index contributed by atoms with van der Waals surface area (Å²) in [5, 5.41) is 29.1. The van der Waals surface area contributed by atoms with Crippen molar-refractivity contribution in [3.05, 3.63) is 89.9 Å². The number of nitriles is 2. The molecule has 1 aliphatic carbocycles. The van der Waals surface area contributed by atoms with Gasteiger partial charge in [0, 0.05) is 30.1 Å². The minimum Gasteiger partial charge on any atom is -0.309 e. The van der Waals surface area contributed by atoms with Gasteiger partial charge in [0.15, 0.2) is 0 Å². The number of amides is 1. The van der Waals surface area contributed by atoms with Gasteiger partial charge in [-0.1, -0.05) is 37.3 Å². The van der Waals surface area contributed by atoms with Crippen molar-refractivity contribution in [2.75, 3.05) is 11.9 Å². The van der Waals surface area contributed by atoms with Gasteiger partial charge < -0.3 is 10.6 Å². The zero-order valence-corrected chi connectivity index (χ0v) is 21.8. The quantitative estimate of drug-likeness (QED) is 0.420. The Morgan fingerprint density at radius 2 is 1.89 bits per heavy atom. The van der Waals surface area contributed by atoms with Crippen LogP contribution in [0.25, 0.3) is 11.1 Å². The second-order valence-corrected chi connectivity index (χ2v) is 9.93. The monoisotopic (exact) mass is 505 g/mol. The lowest BCUT2D eigenvalue weighted by atomic mass is 9.96. The number of pyridine rings is 1. The molecule has 2 aromatic heterocycles. The number of nitrogens with zero attached hydrogens (tertiary/aromatic N) is 5. The van der Waals surface area contributed by atoms with E-state index in [1.54, 1.807) is 37.0 Å². The van der Waals surface area contributed by atoms with Crippen LogP contribution in [0.15, 0.2) is 78.8 Å². The first kappa shape index (κ1) is 26.5. The summed E-state index contributed by atoms with van der Waals surface area (Å²) >= 11 is 0. The van der Waals surface area contributed by atoms with Crippen LogP contribution in [0.1, 0.15) is 50.7 Å². The predicted octanol–water partition coefficient (Wildman–Crippen LogP) is 5.05. The molecule has 1 aliphatic rings. The van der Waals surface area contributed by atoms with Crippen LogP contribution in [0.2, 0.25) is 0 Å². The van der Waals surface area contributed by atoms with Gasteiger partial charge in [-0.05, 0) is 68.0 Å². The van der Waals surface area contributed by atoms with Crippen molar-refractivity contribution in [2.24, 2.45) is 0 Å². The molecule has 8 heteroatoms. The van der Waals surface area contributed by atoms with Crippen LogP contribution in [0.4, 0.5) is 5.82 Å². The van der Waals surface area contributed by atoms with Gasteiger partial charge in [0.1, 0.15) is 17.4 Å². The summed E-state index contributed by atoms with van der Waals surface area (Å²) in [7, 11) is 0. The highest BCUT2D eigenvalue weighted by Gasteiger charge is 2.24. The molecule has 3 aromatic rings. The van der Waals surface area contributed by atoms with Crippen molar-refractivity contribution >= 4 is 11.7 Å². The minimum absolute atomic E-state index is 0.149. The molecule has 2 heterocycles. The van der Waals surface area contributed by atoms with Crippen molar-refractivity contribution in [2.45, 2.75) is 51.1 Å². The van der Waals surface area contributed by atoms with Gasteiger partial charge in [-0.2, -0.15) is 15.6 Å². The number of hydrogen-bond donors (Lipinski definition) is 2. The van der Waals surface area contributed by atoms with E-state index in [4.69, 9.17) is 5.26 Å². The summed E-state index contributed by atoms with van der Waals surface area (Å²) in [6.45, 7) is 6.28. The average Bonchev–Trinajstić information content (AvgIpc) is 3.45. The molecule has 192 valence electrons. The lowest BCUT2D eigenvalue weighted by Gasteiger charge is -2.23. The van der Waals surface area contributed by atoms with E-state index in [1.165, 1.54) is 0 Å². The van der Waals surface area contributed by atoms with Gasteiger partial charge in [-0.15, -0.1) is 0 Å². The maximum absolute atomic E-state index is 13.4. The van der Waals surface area contributed by atoms with Crippen LogP contribution in [-0.2, 0) is 10.3 Å². The van der Waals surface area contributed by atoms with E-state index in [9.17, 15) is 10.1 Å². The van der Waals surface area contributed by atoms with E-state index in [1.807, 2.05) is 42.6 Å². The molecule has 0 bridgehead atoms. The van der Waals surface area contributed by atoms with Crippen molar-refractivity contribution in [1.29, 1.82) is 10.5 Å². The number of nitrogens with one attached hydrogen (secondary N) is 2. The Labute approximate surface area is 223 Å². The number of rotatable bonds is 9. The molecule has 0 radical (unpaired) electrons. The van der Waals surface area contributed by atoms with Crippen molar-refractivity contribution < 1.29 is 4.79 Å². The Hall–Kier alpha value is -4.53. The lowest BCUT2D eigenvalue weighted by molar-refractivity contribution is -0.117. The third-order valence-electron chi connectivity index (χ3n) is 6.63. The summed E-state index contributed by atoms with van der Waals surface area (Å²) < 4.78 is 1.62. The number of benzene rings is 1. The third kappa shape index (κ3) is 6.23. The van der Waals surface area contributed by atoms with E-state index in [0.717, 1.165) is 35.1 Å². The molecule has 2 unspecified atom stereocenters. The molecular weight excluding hydrogens is 474 g/mol. The van der Waals surface area contributed by atoms with Crippen molar-refractivity contribution in [3.8, 4) is 23.3 Å². The topological polar surface area (TPSA) is 119 Å². The van der Waals surface area contributed by atoms with E-state index < -0.39 is 11.6 Å². The molecule has 1 amide bonds. The Balaban J connectivity index is 1.45. The van der Waals surface area contributed by atoms with Gasteiger partial charge in [-0.25, -0.2) is 4.98 Å². The molecule has 0 spiro atoms. The van der Waals surface area contributed by atoms with Gasteiger partial charge in [-0.3, -0.25) is 9.48 Å². The van der Waals surface area contributed by atoms with E-state index in [-0.39, 0.29) is 11.8 Å². The second kappa shape index (κ2) is 11.7. The van der Waals surface area contributed by atoms with Crippen LogP contribution in [0, 0.1) is 22.7 Å². The normalized spacial score (nSPS) is 14.6. The maximum atomic E-state index is 13.4. The fraction of sp³-hybridized carbons (Fsp3) is 0.300. The second-order valence-electron chi connectivity index (χ2n) is 9.93. The molecule has 8 nitrogen and oxygen atoms in total. The Kier molecular flexibility index (Phi) is 8.15. The standard InChI is InChI=1S/C30H31N7O/c1-21(23-11-9-22(15-31)10-12-23)16-34-28(24-7-5-4-6-8-24)29(38)36-27-14-13-25(17-33-27)26-18-35-37(19-26)30(2,3)20-32/h5,7-14,17-19,21,28,34H,4,6,16H2,1-3H3,(H,33,36,38). The predicted molar refractivity (Wildman–Crippen MR) is 147 cm³/mol. The molecule has 0 saturated heterocycles. The van der Waals surface area contributed by atoms with Crippen LogP contribution >= 0.6 is 0 Å². The molecule has 38 heavy (non-hydrogen) atoms. The first-order valence-electron chi connectivity index (χ1n) is 12.6. The summed E-state index contributed by atoms with van der Waals surface area (Å²) in [5.74, 6) is 0.421. The Morgan fingerprint density at radius 3 is 2.53 bits per heavy atom. The van der Waals surface area contributed by atoms with Gasteiger partial charge in [0.2, 0.25) is 5.91 Å². The molecular formula is C30H31N7O. The summed E-state index contributed by atoms with van der Waals surface area (Å²) in [5.41, 5.74) is 3.59. The number of hydrogen-bond acceptors (Lipinski definition) is 6. The number of carbonyl (C=O) groups is 1. The Morgan fingerprint density at radius 1 is 1.11 bits per heavy atom. The maximum Gasteiger partial charge on any atom is 0.247 e. The molecule has 2 N–H and O–H groups in total. The lowest BCUT2D eigenvalue weighted by Crippen LogP contribution is -2.43. The van der Waals surface area contributed by atoms with Gasteiger partial charge >= 0.3 is 0 Å². The van der Waals surface area contributed by atoms with Gasteiger partial charge in [0.25, 0.3) is 0 Å². The number of allylic oxidation sites excluding steroid dienone is 2. The number of anilines is 1. The first-order chi connectivity index (χ1) is 18.3. The molecule has 0 aliphatic heterocycles. The fourth-order valence-electron chi connectivity index (χ4n) is 4.17. The fourth-order valence-corrected chi connectivity index (χ4v) is 4.17. The summed E-state index contributed by atoms with van der Waals surface area (Å²) in [6, 6.07) is 15.0. The first-order valence-corrected chi connectivity index (χ1v) is 12.6. The van der Waals surface area contributed by atoms with Crippen LogP contribution in [-0.4, -0.2) is 33.3 Å². The highest BCUT2D eigenvalue weighted by molar-refractivity contribution is 5.96. The number of aromatic nitrogens is 3. The largest absolute Gasteiger partial charge is 0.309 e. The van der Waals surface area contributed by atoms with Crippen LogP contribution in [0.5, 0.6) is 0 Å². The highest BCUT2D eigenvalue weighted by Crippen LogP contribution is 2.23. The third-order valence-corrected chi connectivity index (χ3v) is 6.63. The molecule has 0 saturated carbocycles. The average molecular weight is 506 g/mol. The zero-order valence-electron chi connectivity index (χ0n) is 21.8. The molecule has 1 aromatic carbocycles.